The number of urea groups is 1. The van der Waals surface area contributed by atoms with Crippen molar-refractivity contribution >= 4 is 17.6 Å². The highest BCUT2D eigenvalue weighted by molar-refractivity contribution is 5.97. The number of amides is 3. The number of aromatic nitrogens is 1. The summed E-state index contributed by atoms with van der Waals surface area (Å²) in [5.74, 6) is -0.872. The van der Waals surface area contributed by atoms with Gasteiger partial charge in [0.15, 0.2) is 0 Å². The number of nitrogens with one attached hydrogen (secondary N) is 2. The number of nitrogens with zero attached hydrogens (tertiary/aromatic N) is 2. The van der Waals surface area contributed by atoms with E-state index in [1.54, 1.807) is 29.2 Å². The predicted molar refractivity (Wildman–Crippen MR) is 115 cm³/mol. The summed E-state index contributed by atoms with van der Waals surface area (Å²) in [7, 11) is 0. The van der Waals surface area contributed by atoms with E-state index in [0.717, 1.165) is 12.1 Å². The first-order chi connectivity index (χ1) is 14.8. The maximum absolute atomic E-state index is 13.9. The molecule has 7 nitrogen and oxygen atoms in total. The maximum Gasteiger partial charge on any atom is 0.318 e. The number of pyridine rings is 1. The van der Waals surface area contributed by atoms with Crippen molar-refractivity contribution < 1.29 is 14.0 Å². The van der Waals surface area contributed by atoms with Crippen molar-refractivity contribution in [1.29, 1.82) is 0 Å². The number of piperidine rings is 1. The van der Waals surface area contributed by atoms with Gasteiger partial charge >= 0.3 is 6.03 Å². The molecule has 8 heteroatoms. The van der Waals surface area contributed by atoms with E-state index < -0.39 is 17.8 Å². The quantitative estimate of drug-likeness (QED) is 0.789. The van der Waals surface area contributed by atoms with Crippen molar-refractivity contribution in [3.63, 3.8) is 0 Å². The number of hydrogen-bond donors (Lipinski definition) is 2. The van der Waals surface area contributed by atoms with Crippen molar-refractivity contribution in [3.05, 3.63) is 64.3 Å². The van der Waals surface area contributed by atoms with E-state index in [1.807, 2.05) is 24.5 Å². The number of benzene rings is 1. The Morgan fingerprint density at radius 3 is 2.58 bits per heavy atom. The molecule has 164 valence electrons. The topological polar surface area (TPSA) is 83.4 Å². The van der Waals surface area contributed by atoms with Crippen LogP contribution in [0.2, 0.25) is 0 Å². The Morgan fingerprint density at radius 2 is 1.84 bits per heavy atom. The highest BCUT2D eigenvalue weighted by Crippen LogP contribution is 2.34. The van der Waals surface area contributed by atoms with E-state index in [-0.39, 0.29) is 35.0 Å². The Hall–Kier alpha value is -3.16. The molecule has 1 saturated heterocycles. The second-order valence-electron chi connectivity index (χ2n) is 8.74. The third kappa shape index (κ3) is 4.33. The standard InChI is InChI=1S/C23H27FN4O3/c1-14(2)21(22(30)25-18-7-4-3-6-17(18)24)26-23(31)27-11-15-10-16(13-27)19-8-5-9-20(29)28(19)12-15/h3-9,14-16,21H,10-13H2,1-2H3,(H,25,30)(H,26,31)/t15-,16-,21+/m1/s1. The van der Waals surface area contributed by atoms with E-state index in [0.29, 0.717) is 19.6 Å². The Balaban J connectivity index is 1.46. The second-order valence-corrected chi connectivity index (χ2v) is 8.74. The van der Waals surface area contributed by atoms with Gasteiger partial charge in [0, 0.05) is 37.3 Å². The first kappa shape index (κ1) is 21.1. The number of fused-ring (bicyclic) bond motifs is 4. The Morgan fingerprint density at radius 1 is 1.06 bits per heavy atom. The van der Waals surface area contributed by atoms with Crippen molar-refractivity contribution in [2.45, 2.75) is 38.8 Å². The van der Waals surface area contributed by atoms with Crippen LogP contribution in [-0.4, -0.2) is 40.5 Å². The minimum Gasteiger partial charge on any atom is -0.326 e. The summed E-state index contributed by atoms with van der Waals surface area (Å²) < 4.78 is 15.7. The highest BCUT2D eigenvalue weighted by Gasteiger charge is 2.37. The molecule has 1 aromatic carbocycles. The van der Waals surface area contributed by atoms with Crippen LogP contribution in [0.25, 0.3) is 0 Å². The molecule has 0 unspecified atom stereocenters. The number of rotatable bonds is 4. The van der Waals surface area contributed by atoms with Crippen LogP contribution < -0.4 is 16.2 Å². The second kappa shape index (κ2) is 8.53. The van der Waals surface area contributed by atoms with E-state index >= 15 is 0 Å². The van der Waals surface area contributed by atoms with Gasteiger partial charge in [-0.1, -0.05) is 32.0 Å². The lowest BCUT2D eigenvalue weighted by molar-refractivity contribution is -0.118. The third-order valence-corrected chi connectivity index (χ3v) is 6.13. The molecule has 2 aliphatic rings. The van der Waals surface area contributed by atoms with Crippen LogP contribution in [0.3, 0.4) is 0 Å². The molecule has 2 N–H and O–H groups in total. The van der Waals surface area contributed by atoms with Crippen LogP contribution in [0.1, 0.15) is 31.9 Å². The molecular weight excluding hydrogens is 399 g/mol. The minimum absolute atomic E-state index is 0.00483. The van der Waals surface area contributed by atoms with Crippen molar-refractivity contribution in [2.24, 2.45) is 11.8 Å². The zero-order valence-corrected chi connectivity index (χ0v) is 17.7. The number of likely N-dealkylation sites (tertiary alicyclic amines) is 1. The average Bonchev–Trinajstić information content (AvgIpc) is 2.74. The molecule has 31 heavy (non-hydrogen) atoms. The highest BCUT2D eigenvalue weighted by atomic mass is 19.1. The molecule has 2 aliphatic heterocycles. The van der Waals surface area contributed by atoms with Crippen molar-refractivity contribution in [2.75, 3.05) is 18.4 Å². The summed E-state index contributed by atoms with van der Waals surface area (Å²) in [6, 6.07) is 10.1. The largest absolute Gasteiger partial charge is 0.326 e. The van der Waals surface area contributed by atoms with Gasteiger partial charge in [-0.05, 0) is 36.5 Å². The number of hydrogen-bond acceptors (Lipinski definition) is 3. The van der Waals surface area contributed by atoms with Gasteiger partial charge in [0.1, 0.15) is 11.9 Å². The predicted octanol–water partition coefficient (Wildman–Crippen LogP) is 2.78. The molecule has 0 spiro atoms. The fourth-order valence-corrected chi connectivity index (χ4v) is 4.59. The molecule has 1 aromatic heterocycles. The molecule has 1 fully saturated rings. The summed E-state index contributed by atoms with van der Waals surface area (Å²) in [6.45, 7) is 5.28. The van der Waals surface area contributed by atoms with Gasteiger partial charge in [0.25, 0.3) is 5.56 Å². The van der Waals surface area contributed by atoms with Crippen LogP contribution in [0.5, 0.6) is 0 Å². The van der Waals surface area contributed by atoms with Crippen molar-refractivity contribution in [1.82, 2.24) is 14.8 Å². The summed E-state index contributed by atoms with van der Waals surface area (Å²) >= 11 is 0. The molecule has 0 radical (unpaired) electrons. The zero-order chi connectivity index (χ0) is 22.1. The lowest BCUT2D eigenvalue weighted by atomic mass is 9.83. The number of para-hydroxylation sites is 1. The smallest absolute Gasteiger partial charge is 0.318 e. The van der Waals surface area contributed by atoms with Crippen LogP contribution in [0, 0.1) is 17.7 Å². The molecule has 0 aliphatic carbocycles. The molecule has 4 rings (SSSR count). The van der Waals surface area contributed by atoms with E-state index in [2.05, 4.69) is 10.6 Å². The lowest BCUT2D eigenvalue weighted by Gasteiger charge is -2.43. The lowest BCUT2D eigenvalue weighted by Crippen LogP contribution is -2.56. The van der Waals surface area contributed by atoms with Gasteiger partial charge in [-0.3, -0.25) is 9.59 Å². The first-order valence-corrected chi connectivity index (χ1v) is 10.6. The summed E-state index contributed by atoms with van der Waals surface area (Å²) in [5.41, 5.74) is 1.04. The van der Waals surface area contributed by atoms with Gasteiger partial charge in [-0.2, -0.15) is 0 Å². The molecule has 3 amide bonds. The number of halogens is 1. The van der Waals surface area contributed by atoms with E-state index in [1.165, 1.54) is 12.1 Å². The van der Waals surface area contributed by atoms with E-state index in [9.17, 15) is 18.8 Å². The average molecular weight is 426 g/mol. The normalized spacial score (nSPS) is 20.7. The SMILES string of the molecule is CC(C)[C@H](NC(=O)N1C[C@H]2C[C@H](C1)c1cccc(=O)n1C2)C(=O)Nc1ccccc1F. The molecular formula is C23H27FN4O3. The number of anilines is 1. The summed E-state index contributed by atoms with van der Waals surface area (Å²) in [6.07, 6.45) is 0.939. The molecule has 2 aromatic rings. The fourth-order valence-electron chi connectivity index (χ4n) is 4.59. The van der Waals surface area contributed by atoms with Gasteiger partial charge in [0.2, 0.25) is 5.91 Å². The summed E-state index contributed by atoms with van der Waals surface area (Å²) in [4.78, 5) is 39.7. The number of carbonyl (C=O) groups excluding carboxylic acids is 2. The van der Waals surface area contributed by atoms with Gasteiger partial charge in [-0.15, -0.1) is 0 Å². The number of carbonyl (C=O) groups is 2. The minimum atomic E-state index is -0.802. The Bertz CT molecular complexity index is 1050. The van der Waals surface area contributed by atoms with Crippen LogP contribution >= 0.6 is 0 Å². The maximum atomic E-state index is 13.9. The van der Waals surface area contributed by atoms with Gasteiger partial charge in [-0.25, -0.2) is 9.18 Å². The van der Waals surface area contributed by atoms with Crippen LogP contribution in [0.15, 0.2) is 47.3 Å². The molecule has 3 atom stereocenters. The Labute approximate surface area is 180 Å². The molecule has 3 heterocycles. The first-order valence-electron chi connectivity index (χ1n) is 10.6. The van der Waals surface area contributed by atoms with E-state index in [4.69, 9.17) is 0 Å². The Kier molecular flexibility index (Phi) is 5.80. The molecule has 2 bridgehead atoms. The fraction of sp³-hybridized carbons (Fsp3) is 0.435. The monoisotopic (exact) mass is 426 g/mol. The van der Waals surface area contributed by atoms with Crippen LogP contribution in [-0.2, 0) is 11.3 Å². The van der Waals surface area contributed by atoms with Gasteiger partial charge in [0.05, 0.1) is 5.69 Å². The molecule has 0 saturated carbocycles. The van der Waals surface area contributed by atoms with Crippen LogP contribution in [0.4, 0.5) is 14.9 Å². The van der Waals surface area contributed by atoms with Crippen molar-refractivity contribution in [3.8, 4) is 0 Å². The van der Waals surface area contributed by atoms with Gasteiger partial charge < -0.3 is 20.1 Å². The zero-order valence-electron chi connectivity index (χ0n) is 17.7. The third-order valence-electron chi connectivity index (χ3n) is 6.13. The summed E-state index contributed by atoms with van der Waals surface area (Å²) in [5, 5.41) is 5.41.